The Morgan fingerprint density at radius 1 is 0.917 bits per heavy atom. The first-order valence-electron chi connectivity index (χ1n) is 7.96. The van der Waals surface area contributed by atoms with Gasteiger partial charge < -0.3 is 4.74 Å². The van der Waals surface area contributed by atoms with Crippen LogP contribution in [-0.2, 0) is 21.5 Å². The highest BCUT2D eigenvalue weighted by molar-refractivity contribution is 7.86. The molecule has 0 aromatic heterocycles. The lowest BCUT2D eigenvalue weighted by molar-refractivity contribution is 0.0684. The van der Waals surface area contributed by atoms with Gasteiger partial charge in [0.2, 0.25) is 0 Å². The van der Waals surface area contributed by atoms with Gasteiger partial charge in [0.05, 0.1) is 23.3 Å². The zero-order valence-electron chi connectivity index (χ0n) is 13.3. The Balaban J connectivity index is 1.56. The maximum Gasteiger partial charge on any atom is 0.282 e. The molecule has 2 fully saturated rings. The molecular formula is C15H21Cl2N3O3S. The fourth-order valence-corrected chi connectivity index (χ4v) is 4.84. The van der Waals surface area contributed by atoms with Crippen LogP contribution in [0.4, 0.5) is 0 Å². The third kappa shape index (κ3) is 4.22. The zero-order chi connectivity index (χ0) is 17.2. The molecule has 2 aliphatic rings. The number of hydrogen-bond acceptors (Lipinski definition) is 4. The molecule has 0 N–H and O–H groups in total. The highest BCUT2D eigenvalue weighted by Gasteiger charge is 2.33. The molecule has 2 heterocycles. The SMILES string of the molecule is O=S(=O)(N1CCOCC1)N1CCN(Cc2ccc(Cl)c(Cl)c2)CC1. The van der Waals surface area contributed by atoms with Crippen LogP contribution in [0.2, 0.25) is 10.0 Å². The van der Waals surface area contributed by atoms with Crippen LogP contribution in [0.15, 0.2) is 18.2 Å². The number of halogens is 2. The summed E-state index contributed by atoms with van der Waals surface area (Å²) < 4.78 is 33.6. The Kier molecular flexibility index (Phi) is 6.02. The van der Waals surface area contributed by atoms with Crippen LogP contribution in [0.1, 0.15) is 5.56 Å². The maximum absolute atomic E-state index is 12.6. The van der Waals surface area contributed by atoms with Gasteiger partial charge in [-0.2, -0.15) is 17.0 Å². The molecule has 9 heteroatoms. The van der Waals surface area contributed by atoms with E-state index in [4.69, 9.17) is 27.9 Å². The van der Waals surface area contributed by atoms with Crippen molar-refractivity contribution in [3.05, 3.63) is 33.8 Å². The van der Waals surface area contributed by atoms with E-state index in [0.717, 1.165) is 12.1 Å². The predicted octanol–water partition coefficient (Wildman–Crippen LogP) is 1.69. The van der Waals surface area contributed by atoms with E-state index in [1.807, 2.05) is 12.1 Å². The Labute approximate surface area is 153 Å². The van der Waals surface area contributed by atoms with Crippen LogP contribution in [0.25, 0.3) is 0 Å². The summed E-state index contributed by atoms with van der Waals surface area (Å²) in [5.74, 6) is 0. The molecule has 0 unspecified atom stereocenters. The maximum atomic E-state index is 12.6. The topological polar surface area (TPSA) is 53.1 Å². The number of ether oxygens (including phenoxy) is 1. The lowest BCUT2D eigenvalue weighted by atomic mass is 10.2. The van der Waals surface area contributed by atoms with Crippen molar-refractivity contribution in [3.63, 3.8) is 0 Å². The summed E-state index contributed by atoms with van der Waals surface area (Å²) in [6, 6.07) is 5.60. The van der Waals surface area contributed by atoms with Gasteiger partial charge in [-0.15, -0.1) is 0 Å². The highest BCUT2D eigenvalue weighted by atomic mass is 35.5. The summed E-state index contributed by atoms with van der Waals surface area (Å²) in [6.07, 6.45) is 0. The first kappa shape index (κ1) is 18.4. The minimum Gasteiger partial charge on any atom is -0.379 e. The second-order valence-corrected chi connectivity index (χ2v) is 8.69. The van der Waals surface area contributed by atoms with E-state index in [9.17, 15) is 8.42 Å². The Morgan fingerprint density at radius 3 is 2.17 bits per heavy atom. The Morgan fingerprint density at radius 2 is 1.54 bits per heavy atom. The van der Waals surface area contributed by atoms with E-state index in [0.29, 0.717) is 62.5 Å². The zero-order valence-corrected chi connectivity index (χ0v) is 15.7. The lowest BCUT2D eigenvalue weighted by Gasteiger charge is -2.37. The standard InChI is InChI=1S/C15H21Cl2N3O3S/c16-14-2-1-13(11-15(14)17)12-18-3-5-19(6-4-18)24(21,22)20-7-9-23-10-8-20/h1-2,11H,3-10,12H2. The summed E-state index contributed by atoms with van der Waals surface area (Å²) in [5.41, 5.74) is 1.08. The Hall–Kier alpha value is -0.410. The van der Waals surface area contributed by atoms with Gasteiger partial charge in [0.15, 0.2) is 0 Å². The molecule has 134 valence electrons. The molecule has 0 aliphatic carbocycles. The second-order valence-electron chi connectivity index (χ2n) is 5.94. The van der Waals surface area contributed by atoms with Crippen molar-refractivity contribution >= 4 is 33.4 Å². The molecule has 2 saturated heterocycles. The molecule has 1 aromatic carbocycles. The predicted molar refractivity (Wildman–Crippen MR) is 94.6 cm³/mol. The summed E-state index contributed by atoms with van der Waals surface area (Å²) in [4.78, 5) is 2.23. The van der Waals surface area contributed by atoms with Crippen molar-refractivity contribution in [2.75, 3.05) is 52.5 Å². The number of piperazine rings is 1. The van der Waals surface area contributed by atoms with Crippen LogP contribution < -0.4 is 0 Å². The van der Waals surface area contributed by atoms with Crippen molar-refractivity contribution in [3.8, 4) is 0 Å². The van der Waals surface area contributed by atoms with Gasteiger partial charge in [-0.1, -0.05) is 29.3 Å². The van der Waals surface area contributed by atoms with Crippen molar-refractivity contribution in [1.29, 1.82) is 0 Å². The first-order chi connectivity index (χ1) is 11.5. The van der Waals surface area contributed by atoms with Crippen LogP contribution >= 0.6 is 23.2 Å². The largest absolute Gasteiger partial charge is 0.379 e. The minimum atomic E-state index is -3.37. The fraction of sp³-hybridized carbons (Fsp3) is 0.600. The summed E-state index contributed by atoms with van der Waals surface area (Å²) >= 11 is 12.0. The summed E-state index contributed by atoms with van der Waals surface area (Å²) in [7, 11) is -3.37. The molecule has 0 amide bonds. The number of morpholine rings is 1. The van der Waals surface area contributed by atoms with E-state index in [1.165, 1.54) is 4.31 Å². The number of hydrogen-bond donors (Lipinski definition) is 0. The third-order valence-electron chi connectivity index (χ3n) is 4.34. The van der Waals surface area contributed by atoms with E-state index in [-0.39, 0.29) is 0 Å². The Bertz CT molecular complexity index is 673. The molecule has 24 heavy (non-hydrogen) atoms. The molecule has 2 aliphatic heterocycles. The van der Waals surface area contributed by atoms with E-state index in [1.54, 1.807) is 10.4 Å². The molecule has 6 nitrogen and oxygen atoms in total. The molecule has 0 radical (unpaired) electrons. The van der Waals surface area contributed by atoms with Crippen LogP contribution in [0.5, 0.6) is 0 Å². The average molecular weight is 394 g/mol. The van der Waals surface area contributed by atoms with Crippen molar-refractivity contribution in [2.24, 2.45) is 0 Å². The van der Waals surface area contributed by atoms with Crippen molar-refractivity contribution < 1.29 is 13.2 Å². The van der Waals surface area contributed by atoms with E-state index >= 15 is 0 Å². The van der Waals surface area contributed by atoms with Gasteiger partial charge in [-0.25, -0.2) is 0 Å². The third-order valence-corrected chi connectivity index (χ3v) is 7.12. The van der Waals surface area contributed by atoms with Crippen molar-refractivity contribution in [1.82, 2.24) is 13.5 Å². The fourth-order valence-electron chi connectivity index (χ4n) is 2.96. The normalized spacial score (nSPS) is 21.9. The van der Waals surface area contributed by atoms with Gasteiger partial charge in [0.25, 0.3) is 10.2 Å². The monoisotopic (exact) mass is 393 g/mol. The van der Waals surface area contributed by atoms with Gasteiger partial charge >= 0.3 is 0 Å². The molecule has 3 rings (SSSR count). The molecule has 0 atom stereocenters. The highest BCUT2D eigenvalue weighted by Crippen LogP contribution is 2.23. The smallest absolute Gasteiger partial charge is 0.282 e. The summed E-state index contributed by atoms with van der Waals surface area (Å²) in [5, 5.41) is 1.09. The van der Waals surface area contributed by atoms with Crippen molar-refractivity contribution in [2.45, 2.75) is 6.54 Å². The number of benzene rings is 1. The van der Waals surface area contributed by atoms with Gasteiger partial charge in [-0.3, -0.25) is 4.90 Å². The molecule has 1 aromatic rings. The van der Waals surface area contributed by atoms with Crippen LogP contribution in [0, 0.1) is 0 Å². The van der Waals surface area contributed by atoms with E-state index in [2.05, 4.69) is 4.90 Å². The van der Waals surface area contributed by atoms with Gasteiger partial charge in [-0.05, 0) is 17.7 Å². The molecule has 0 spiro atoms. The van der Waals surface area contributed by atoms with Crippen LogP contribution in [-0.4, -0.2) is 74.4 Å². The van der Waals surface area contributed by atoms with Crippen LogP contribution in [0.3, 0.4) is 0 Å². The average Bonchev–Trinajstić information content (AvgIpc) is 2.59. The van der Waals surface area contributed by atoms with E-state index < -0.39 is 10.2 Å². The second kappa shape index (κ2) is 7.86. The molecule has 0 saturated carbocycles. The molecular weight excluding hydrogens is 373 g/mol. The quantitative estimate of drug-likeness (QED) is 0.780. The summed E-state index contributed by atoms with van der Waals surface area (Å²) in [6.45, 7) is 4.95. The lowest BCUT2D eigenvalue weighted by Crippen LogP contribution is -2.54. The number of nitrogens with zero attached hydrogens (tertiary/aromatic N) is 3. The van der Waals surface area contributed by atoms with Gasteiger partial charge in [0, 0.05) is 45.8 Å². The molecule has 0 bridgehead atoms. The minimum absolute atomic E-state index is 0.436. The first-order valence-corrected chi connectivity index (χ1v) is 10.1. The number of rotatable bonds is 4. The van der Waals surface area contributed by atoms with Gasteiger partial charge in [0.1, 0.15) is 0 Å².